The van der Waals surface area contributed by atoms with Crippen LogP contribution in [0.5, 0.6) is 0 Å². The van der Waals surface area contributed by atoms with Gasteiger partial charge in [-0.3, -0.25) is 4.79 Å². The number of Topliss-reactive ketones (excluding diaryl/α,β-unsaturated/α-hetero) is 1. The Kier molecular flexibility index (Phi) is 4.68. The molecule has 0 N–H and O–H groups in total. The Morgan fingerprint density at radius 2 is 2.06 bits per heavy atom. The fraction of sp³-hybridized carbons (Fsp3) is 0.545. The summed E-state index contributed by atoms with van der Waals surface area (Å²) in [5, 5.41) is 3.75. The number of sulfone groups is 1. The number of carbonyl (C=O) groups is 1. The van der Waals surface area contributed by atoms with E-state index >= 15 is 0 Å². The van der Waals surface area contributed by atoms with Crippen LogP contribution in [0.1, 0.15) is 35.7 Å². The molecule has 3 nitrogen and oxygen atoms in total. The quantitative estimate of drug-likeness (QED) is 0.738. The highest BCUT2D eigenvalue weighted by atomic mass is 32.2. The van der Waals surface area contributed by atoms with Crippen LogP contribution in [-0.2, 0) is 9.84 Å². The second-order valence-corrected chi connectivity index (χ2v) is 6.95. The standard InChI is InChI=1S/C11H16O3S2/c1-3-16(13,14)6-4-5-11(12)10-8-15-7-9(10)2/h7-8H,3-6H2,1-2H3. The van der Waals surface area contributed by atoms with Crippen molar-refractivity contribution in [3.8, 4) is 0 Å². The van der Waals surface area contributed by atoms with Gasteiger partial charge in [0.05, 0.1) is 5.75 Å². The van der Waals surface area contributed by atoms with Gasteiger partial charge in [-0.25, -0.2) is 8.42 Å². The second-order valence-electron chi connectivity index (χ2n) is 3.73. The Hall–Kier alpha value is -0.680. The van der Waals surface area contributed by atoms with Crippen LogP contribution in [0.25, 0.3) is 0 Å². The Balaban J connectivity index is 2.46. The van der Waals surface area contributed by atoms with Crippen molar-refractivity contribution in [2.45, 2.75) is 26.7 Å². The monoisotopic (exact) mass is 260 g/mol. The van der Waals surface area contributed by atoms with E-state index in [0.29, 0.717) is 12.8 Å². The molecular weight excluding hydrogens is 244 g/mol. The summed E-state index contributed by atoms with van der Waals surface area (Å²) in [6.07, 6.45) is 0.737. The molecule has 5 heteroatoms. The topological polar surface area (TPSA) is 51.2 Å². The SMILES string of the molecule is CCS(=O)(=O)CCCC(=O)c1cscc1C. The van der Waals surface area contributed by atoms with Crippen molar-refractivity contribution in [2.24, 2.45) is 0 Å². The molecule has 0 aliphatic heterocycles. The average molecular weight is 260 g/mol. The number of aryl methyl sites for hydroxylation is 1. The highest BCUT2D eigenvalue weighted by molar-refractivity contribution is 7.91. The molecule has 0 atom stereocenters. The minimum absolute atomic E-state index is 0.0463. The fourth-order valence-electron chi connectivity index (χ4n) is 1.38. The maximum Gasteiger partial charge on any atom is 0.164 e. The Morgan fingerprint density at radius 1 is 1.38 bits per heavy atom. The van der Waals surface area contributed by atoms with Crippen molar-refractivity contribution < 1.29 is 13.2 Å². The van der Waals surface area contributed by atoms with E-state index in [4.69, 9.17) is 0 Å². The third kappa shape index (κ3) is 3.72. The third-order valence-electron chi connectivity index (χ3n) is 2.45. The first-order valence-electron chi connectivity index (χ1n) is 5.22. The minimum Gasteiger partial charge on any atom is -0.294 e. The molecule has 0 aliphatic rings. The molecule has 0 aromatic carbocycles. The number of carbonyl (C=O) groups excluding carboxylic acids is 1. The van der Waals surface area contributed by atoms with Gasteiger partial charge in [-0.2, -0.15) is 11.3 Å². The Morgan fingerprint density at radius 3 is 2.56 bits per heavy atom. The molecule has 0 spiro atoms. The molecule has 1 aromatic rings. The highest BCUT2D eigenvalue weighted by Gasteiger charge is 2.12. The van der Waals surface area contributed by atoms with Gasteiger partial charge in [-0.1, -0.05) is 6.92 Å². The van der Waals surface area contributed by atoms with E-state index in [1.807, 2.05) is 17.7 Å². The van der Waals surface area contributed by atoms with Crippen LogP contribution in [0.3, 0.4) is 0 Å². The number of hydrogen-bond donors (Lipinski definition) is 0. The first-order valence-corrected chi connectivity index (χ1v) is 7.99. The van der Waals surface area contributed by atoms with E-state index in [1.165, 1.54) is 11.3 Å². The van der Waals surface area contributed by atoms with E-state index in [9.17, 15) is 13.2 Å². The summed E-state index contributed by atoms with van der Waals surface area (Å²) < 4.78 is 22.4. The lowest BCUT2D eigenvalue weighted by Gasteiger charge is -2.01. The van der Waals surface area contributed by atoms with Crippen molar-refractivity contribution in [3.63, 3.8) is 0 Å². The second kappa shape index (κ2) is 5.59. The molecule has 1 heterocycles. The largest absolute Gasteiger partial charge is 0.294 e. The molecule has 0 aliphatic carbocycles. The van der Waals surface area contributed by atoms with Crippen LogP contribution in [0.4, 0.5) is 0 Å². The zero-order valence-corrected chi connectivity index (χ0v) is 11.2. The molecule has 0 bridgehead atoms. The van der Waals surface area contributed by atoms with E-state index in [1.54, 1.807) is 6.92 Å². The lowest BCUT2D eigenvalue weighted by molar-refractivity contribution is 0.0982. The zero-order chi connectivity index (χ0) is 12.2. The Bertz CT molecular complexity index is 457. The summed E-state index contributed by atoms with van der Waals surface area (Å²) in [5.41, 5.74) is 1.72. The van der Waals surface area contributed by atoms with Crippen LogP contribution < -0.4 is 0 Å². The molecule has 0 unspecified atom stereocenters. The predicted molar refractivity (Wildman–Crippen MR) is 66.9 cm³/mol. The minimum atomic E-state index is -2.94. The molecular formula is C11H16O3S2. The molecule has 1 aromatic heterocycles. The van der Waals surface area contributed by atoms with Gasteiger partial charge >= 0.3 is 0 Å². The lowest BCUT2D eigenvalue weighted by Crippen LogP contribution is -2.10. The summed E-state index contributed by atoms with van der Waals surface area (Å²) in [6, 6.07) is 0. The number of rotatable bonds is 6. The van der Waals surface area contributed by atoms with Crippen LogP contribution in [-0.4, -0.2) is 25.7 Å². The molecule has 1 rings (SSSR count). The molecule has 90 valence electrons. The number of hydrogen-bond acceptors (Lipinski definition) is 4. The summed E-state index contributed by atoms with van der Waals surface area (Å²) in [4.78, 5) is 11.7. The summed E-state index contributed by atoms with van der Waals surface area (Å²) in [6.45, 7) is 3.52. The number of ketones is 1. The summed E-state index contributed by atoms with van der Waals surface area (Å²) in [7, 11) is -2.94. The van der Waals surface area contributed by atoms with Crippen LogP contribution in [0.15, 0.2) is 10.8 Å². The van der Waals surface area contributed by atoms with Gasteiger partial charge in [0, 0.05) is 23.1 Å². The van der Waals surface area contributed by atoms with Crippen molar-refractivity contribution in [3.05, 3.63) is 21.9 Å². The van der Waals surface area contributed by atoms with Gasteiger partial charge in [-0.15, -0.1) is 0 Å². The predicted octanol–water partition coefficient (Wildman–Crippen LogP) is 2.45. The van der Waals surface area contributed by atoms with Crippen LogP contribution in [0, 0.1) is 6.92 Å². The van der Waals surface area contributed by atoms with Crippen LogP contribution in [0.2, 0.25) is 0 Å². The number of thiophene rings is 1. The molecule has 0 radical (unpaired) electrons. The zero-order valence-electron chi connectivity index (χ0n) is 9.52. The molecule has 0 amide bonds. The summed E-state index contributed by atoms with van der Waals surface area (Å²) >= 11 is 1.50. The van der Waals surface area contributed by atoms with E-state index in [-0.39, 0.29) is 17.3 Å². The summed E-state index contributed by atoms with van der Waals surface area (Å²) in [5.74, 6) is 0.307. The highest BCUT2D eigenvalue weighted by Crippen LogP contribution is 2.16. The smallest absolute Gasteiger partial charge is 0.164 e. The normalized spacial score (nSPS) is 11.6. The van der Waals surface area contributed by atoms with E-state index < -0.39 is 9.84 Å². The first-order chi connectivity index (χ1) is 7.46. The van der Waals surface area contributed by atoms with Crippen molar-refractivity contribution in [2.75, 3.05) is 11.5 Å². The van der Waals surface area contributed by atoms with Crippen molar-refractivity contribution >= 4 is 27.0 Å². The van der Waals surface area contributed by atoms with Gasteiger partial charge < -0.3 is 0 Å². The van der Waals surface area contributed by atoms with Gasteiger partial charge in [0.2, 0.25) is 0 Å². The molecule has 0 saturated heterocycles. The molecule has 0 fully saturated rings. The van der Waals surface area contributed by atoms with Gasteiger partial charge in [0.1, 0.15) is 9.84 Å². The van der Waals surface area contributed by atoms with Gasteiger partial charge in [-0.05, 0) is 24.3 Å². The maximum atomic E-state index is 11.7. The van der Waals surface area contributed by atoms with Crippen molar-refractivity contribution in [1.82, 2.24) is 0 Å². The molecule has 0 saturated carbocycles. The lowest BCUT2D eigenvalue weighted by atomic mass is 10.1. The first kappa shape index (κ1) is 13.4. The fourth-order valence-corrected chi connectivity index (χ4v) is 3.10. The van der Waals surface area contributed by atoms with E-state index in [2.05, 4.69) is 0 Å². The van der Waals surface area contributed by atoms with Crippen LogP contribution >= 0.6 is 11.3 Å². The Labute approximate surface area is 100 Å². The van der Waals surface area contributed by atoms with Gasteiger partial charge in [0.15, 0.2) is 5.78 Å². The van der Waals surface area contributed by atoms with E-state index in [0.717, 1.165) is 11.1 Å². The molecule has 16 heavy (non-hydrogen) atoms. The average Bonchev–Trinajstić information content (AvgIpc) is 2.64. The van der Waals surface area contributed by atoms with Gasteiger partial charge in [0.25, 0.3) is 0 Å². The van der Waals surface area contributed by atoms with Crippen molar-refractivity contribution in [1.29, 1.82) is 0 Å². The maximum absolute atomic E-state index is 11.7. The third-order valence-corrected chi connectivity index (χ3v) is 5.11.